The van der Waals surface area contributed by atoms with Gasteiger partial charge in [-0.15, -0.1) is 0 Å². The molecule has 1 aliphatic heterocycles. The highest BCUT2D eigenvalue weighted by molar-refractivity contribution is 9.12. The van der Waals surface area contributed by atoms with E-state index in [1.165, 1.54) is 6.08 Å². The summed E-state index contributed by atoms with van der Waals surface area (Å²) >= 11 is 6.85. The van der Waals surface area contributed by atoms with E-state index < -0.39 is 11.1 Å². The van der Waals surface area contributed by atoms with Gasteiger partial charge in [0, 0.05) is 0 Å². The first-order valence-electron chi connectivity index (χ1n) is 2.72. The maximum atomic E-state index is 10.5. The Labute approximate surface area is 79.9 Å². The van der Waals surface area contributed by atoms with Crippen molar-refractivity contribution in [2.75, 3.05) is 6.54 Å². The molecule has 2 N–H and O–H groups in total. The Morgan fingerprint density at radius 2 is 2.45 bits per heavy atom. The number of allylic oxidation sites excluding steroid dienone is 2. The van der Waals surface area contributed by atoms with Gasteiger partial charge in [-0.2, -0.15) is 0 Å². The third kappa shape index (κ3) is 2.30. The minimum absolute atomic E-state index is 0.317. The van der Waals surface area contributed by atoms with Crippen LogP contribution in [0.4, 0.5) is 0 Å². The number of dihydropyridines is 1. The molecule has 0 aromatic heterocycles. The van der Waals surface area contributed by atoms with Crippen LogP contribution in [0.5, 0.6) is 0 Å². The Kier molecular flexibility index (Phi) is 3.12. The molecule has 0 bridgehead atoms. The van der Waals surface area contributed by atoms with Gasteiger partial charge in [-0.1, -0.05) is 11.6 Å². The third-order valence-electron chi connectivity index (χ3n) is 1.14. The molecule has 0 aromatic carbocycles. The lowest BCUT2D eigenvalue weighted by Crippen LogP contribution is -2.20. The monoisotopic (exact) mass is 257 g/mol. The van der Waals surface area contributed by atoms with Crippen LogP contribution in [0.25, 0.3) is 0 Å². The van der Waals surface area contributed by atoms with Crippen molar-refractivity contribution in [2.45, 2.75) is 0 Å². The molecule has 0 aliphatic carbocycles. The van der Waals surface area contributed by atoms with Crippen LogP contribution in [0.1, 0.15) is 0 Å². The Bertz CT molecular complexity index is 263. The second kappa shape index (κ2) is 3.71. The molecule has 0 aromatic rings. The van der Waals surface area contributed by atoms with E-state index in [1.54, 1.807) is 0 Å². The molecular weight excluding hydrogens is 253 g/mol. The molecule has 0 amide bonds. The van der Waals surface area contributed by atoms with Crippen LogP contribution < -0.4 is 5.32 Å². The molecule has 0 saturated carbocycles. The summed E-state index contributed by atoms with van der Waals surface area (Å²) in [6.45, 7) is 0.317. The van der Waals surface area contributed by atoms with E-state index in [1.807, 2.05) is 0 Å². The van der Waals surface area contributed by atoms with Gasteiger partial charge >= 0.3 is 0 Å². The molecule has 1 atom stereocenters. The summed E-state index contributed by atoms with van der Waals surface area (Å²) < 4.78 is 19.8. The topological polar surface area (TPSA) is 49.3 Å². The molecule has 0 fully saturated rings. The molecule has 3 nitrogen and oxygen atoms in total. The van der Waals surface area contributed by atoms with Crippen molar-refractivity contribution in [1.29, 1.82) is 0 Å². The number of hydrogen-bond donors (Lipinski definition) is 2. The molecule has 6 heteroatoms. The Hall–Kier alpha value is 0.160. The standard InChI is InChI=1S/C5H5BrClNO2S/c6-4-1-3(11(9)10)2-8-5(4)7/h1,8H,2H2,(H,9,10). The molecular formula is C5H5BrClNO2S. The predicted octanol–water partition coefficient (Wildman–Crippen LogP) is 1.50. The number of halogens is 2. The number of nitrogens with one attached hydrogen (secondary N) is 1. The van der Waals surface area contributed by atoms with Crippen LogP contribution in [0.15, 0.2) is 20.6 Å². The van der Waals surface area contributed by atoms with E-state index in [-0.39, 0.29) is 0 Å². The van der Waals surface area contributed by atoms with Crippen LogP contribution in [-0.2, 0) is 11.1 Å². The van der Waals surface area contributed by atoms with E-state index in [0.29, 0.717) is 21.1 Å². The van der Waals surface area contributed by atoms with Crippen molar-refractivity contribution in [1.82, 2.24) is 5.32 Å². The lowest BCUT2D eigenvalue weighted by Gasteiger charge is -2.12. The second-order valence-electron chi connectivity index (χ2n) is 1.88. The van der Waals surface area contributed by atoms with Gasteiger partial charge in [-0.25, -0.2) is 4.21 Å². The molecule has 0 saturated heterocycles. The molecule has 1 unspecified atom stereocenters. The zero-order valence-electron chi connectivity index (χ0n) is 5.30. The van der Waals surface area contributed by atoms with Crippen LogP contribution in [-0.4, -0.2) is 15.3 Å². The Morgan fingerprint density at radius 1 is 1.82 bits per heavy atom. The molecule has 11 heavy (non-hydrogen) atoms. The van der Waals surface area contributed by atoms with E-state index in [9.17, 15) is 4.21 Å². The van der Waals surface area contributed by atoms with Gasteiger partial charge in [0.25, 0.3) is 0 Å². The smallest absolute Gasteiger partial charge is 0.184 e. The van der Waals surface area contributed by atoms with Gasteiger partial charge in [0.2, 0.25) is 0 Å². The van der Waals surface area contributed by atoms with Crippen molar-refractivity contribution < 1.29 is 8.76 Å². The Morgan fingerprint density at radius 3 is 2.91 bits per heavy atom. The molecule has 1 heterocycles. The highest BCUT2D eigenvalue weighted by atomic mass is 79.9. The summed E-state index contributed by atoms with van der Waals surface area (Å²) in [6.07, 6.45) is 1.54. The number of rotatable bonds is 1. The van der Waals surface area contributed by atoms with Crippen molar-refractivity contribution in [3.63, 3.8) is 0 Å². The van der Waals surface area contributed by atoms with Gasteiger partial charge in [-0.3, -0.25) is 0 Å². The summed E-state index contributed by atoms with van der Waals surface area (Å²) in [4.78, 5) is 0.404. The van der Waals surface area contributed by atoms with Crippen LogP contribution in [0.2, 0.25) is 0 Å². The van der Waals surface area contributed by atoms with Crippen molar-refractivity contribution in [2.24, 2.45) is 0 Å². The summed E-state index contributed by atoms with van der Waals surface area (Å²) in [7, 11) is 0. The predicted molar refractivity (Wildman–Crippen MR) is 48.7 cm³/mol. The lowest BCUT2D eigenvalue weighted by atomic mass is 10.4. The van der Waals surface area contributed by atoms with Crippen LogP contribution in [0, 0.1) is 0 Å². The average molecular weight is 259 g/mol. The highest BCUT2D eigenvalue weighted by Crippen LogP contribution is 2.21. The van der Waals surface area contributed by atoms with Crippen molar-refractivity contribution >= 4 is 38.6 Å². The van der Waals surface area contributed by atoms with Crippen LogP contribution >= 0.6 is 27.5 Å². The maximum absolute atomic E-state index is 10.5. The molecule has 62 valence electrons. The molecule has 0 radical (unpaired) electrons. The van der Waals surface area contributed by atoms with Crippen molar-refractivity contribution in [3.05, 3.63) is 20.6 Å². The summed E-state index contributed by atoms with van der Waals surface area (Å²) in [5.74, 6) is 0. The highest BCUT2D eigenvalue weighted by Gasteiger charge is 2.12. The van der Waals surface area contributed by atoms with Gasteiger partial charge in [0.15, 0.2) is 11.1 Å². The first-order valence-corrected chi connectivity index (χ1v) is 4.99. The largest absolute Gasteiger partial charge is 0.370 e. The zero-order valence-corrected chi connectivity index (χ0v) is 8.46. The van der Waals surface area contributed by atoms with E-state index >= 15 is 0 Å². The minimum Gasteiger partial charge on any atom is -0.370 e. The molecule has 0 spiro atoms. The summed E-state index contributed by atoms with van der Waals surface area (Å²) in [5, 5.41) is 3.20. The van der Waals surface area contributed by atoms with E-state index in [0.717, 1.165) is 0 Å². The normalized spacial score (nSPS) is 20.8. The summed E-state index contributed by atoms with van der Waals surface area (Å²) in [6, 6.07) is 0. The quantitative estimate of drug-likeness (QED) is 0.553. The van der Waals surface area contributed by atoms with Gasteiger partial charge in [0.1, 0.15) is 5.16 Å². The second-order valence-corrected chi connectivity index (χ2v) is 4.13. The van der Waals surface area contributed by atoms with E-state index in [2.05, 4.69) is 21.2 Å². The SMILES string of the molecule is O=S(O)C1=CC(Br)=C(Cl)NC1. The minimum atomic E-state index is -1.91. The number of hydrogen-bond acceptors (Lipinski definition) is 2. The maximum Gasteiger partial charge on any atom is 0.184 e. The van der Waals surface area contributed by atoms with Gasteiger partial charge < -0.3 is 9.87 Å². The lowest BCUT2D eigenvalue weighted by molar-refractivity contribution is 0.569. The van der Waals surface area contributed by atoms with Gasteiger partial charge in [0.05, 0.1) is 15.9 Å². The van der Waals surface area contributed by atoms with Gasteiger partial charge in [-0.05, 0) is 22.0 Å². The van der Waals surface area contributed by atoms with Crippen molar-refractivity contribution in [3.8, 4) is 0 Å². The first-order chi connectivity index (χ1) is 5.11. The van der Waals surface area contributed by atoms with Crippen LogP contribution in [0.3, 0.4) is 0 Å². The third-order valence-corrected chi connectivity index (χ3v) is 3.04. The fourth-order valence-electron chi connectivity index (χ4n) is 0.617. The molecule has 1 rings (SSSR count). The summed E-state index contributed by atoms with van der Waals surface area (Å²) in [5.41, 5.74) is 0. The Balaban J connectivity index is 2.89. The zero-order chi connectivity index (χ0) is 8.43. The first kappa shape index (κ1) is 9.25. The fraction of sp³-hybridized carbons (Fsp3) is 0.200. The fourth-order valence-corrected chi connectivity index (χ4v) is 1.72. The average Bonchev–Trinajstić information content (AvgIpc) is 1.94. The molecule has 1 aliphatic rings. The van der Waals surface area contributed by atoms with E-state index in [4.69, 9.17) is 16.2 Å².